The first kappa shape index (κ1) is 22.6. The van der Waals surface area contributed by atoms with E-state index in [1.165, 1.54) is 16.7 Å². The van der Waals surface area contributed by atoms with Crippen molar-refractivity contribution in [2.75, 3.05) is 12.9 Å². The van der Waals surface area contributed by atoms with Gasteiger partial charge in [0.25, 0.3) is 0 Å². The van der Waals surface area contributed by atoms with Crippen LogP contribution >= 0.6 is 11.3 Å². The van der Waals surface area contributed by atoms with Crippen LogP contribution < -0.4 is 10.2 Å². The molecule has 0 saturated heterocycles. The van der Waals surface area contributed by atoms with Crippen molar-refractivity contribution in [3.8, 4) is 0 Å². The molecule has 4 rings (SSSR count). The number of para-hydroxylation sites is 1. The van der Waals surface area contributed by atoms with Gasteiger partial charge in [-0.25, -0.2) is 8.42 Å². The van der Waals surface area contributed by atoms with Gasteiger partial charge in [-0.05, 0) is 37.3 Å². The van der Waals surface area contributed by atoms with Gasteiger partial charge in [0.05, 0.1) is 27.1 Å². The number of hydrogen-bond donors (Lipinski definition) is 0. The highest BCUT2D eigenvalue weighted by molar-refractivity contribution is 7.90. The molecule has 33 heavy (non-hydrogen) atoms. The zero-order valence-electron chi connectivity index (χ0n) is 17.6. The molecule has 0 aliphatic carbocycles. The molecule has 0 atom stereocenters. The number of carbonyl (C=O) groups is 2. The number of benzene rings is 2. The van der Waals surface area contributed by atoms with E-state index in [4.69, 9.17) is 9.15 Å². The number of amides is 1. The van der Waals surface area contributed by atoms with Crippen LogP contribution in [-0.2, 0) is 25.9 Å². The van der Waals surface area contributed by atoms with E-state index in [1.54, 1.807) is 37.3 Å². The summed E-state index contributed by atoms with van der Waals surface area (Å²) in [5, 5.41) is 0.335. The number of sulfone groups is 1. The Morgan fingerprint density at radius 1 is 1.15 bits per heavy atom. The first-order chi connectivity index (χ1) is 15.7. The molecule has 4 aromatic rings. The van der Waals surface area contributed by atoms with Gasteiger partial charge in [0, 0.05) is 12.3 Å². The van der Waals surface area contributed by atoms with Crippen molar-refractivity contribution >= 4 is 54.2 Å². The first-order valence-corrected chi connectivity index (χ1v) is 12.5. The Bertz CT molecular complexity index is 1640. The quantitative estimate of drug-likeness (QED) is 0.397. The molecule has 0 unspecified atom stereocenters. The molecule has 2 heterocycles. The summed E-state index contributed by atoms with van der Waals surface area (Å²) >= 11 is 1.03. The van der Waals surface area contributed by atoms with E-state index in [2.05, 4.69) is 4.99 Å². The minimum Gasteiger partial charge on any atom is -0.465 e. The maximum absolute atomic E-state index is 12.9. The van der Waals surface area contributed by atoms with E-state index in [1.807, 2.05) is 0 Å². The Hall–Kier alpha value is -3.57. The first-order valence-electron chi connectivity index (χ1n) is 9.78. The van der Waals surface area contributed by atoms with Crippen LogP contribution in [0.15, 0.2) is 67.6 Å². The van der Waals surface area contributed by atoms with Crippen molar-refractivity contribution in [3.05, 3.63) is 69.3 Å². The zero-order chi connectivity index (χ0) is 23.8. The number of ether oxygens (including phenoxy) is 1. The average molecular weight is 487 g/mol. The second kappa shape index (κ2) is 8.75. The van der Waals surface area contributed by atoms with Gasteiger partial charge < -0.3 is 13.7 Å². The fourth-order valence-corrected chi connectivity index (χ4v) is 5.00. The minimum absolute atomic E-state index is 0.0953. The Morgan fingerprint density at radius 3 is 2.64 bits per heavy atom. The molecule has 0 spiro atoms. The lowest BCUT2D eigenvalue weighted by molar-refractivity contribution is -0.143. The van der Waals surface area contributed by atoms with Gasteiger partial charge in [0.1, 0.15) is 12.1 Å². The van der Waals surface area contributed by atoms with Crippen molar-refractivity contribution in [1.82, 2.24) is 4.57 Å². The van der Waals surface area contributed by atoms with Crippen LogP contribution in [-0.4, -0.2) is 37.7 Å². The van der Waals surface area contributed by atoms with E-state index < -0.39 is 21.7 Å². The molecular formula is C22H18N2O7S2. The molecule has 2 aromatic carbocycles. The number of carbonyl (C=O) groups excluding carboxylic acids is 2. The Labute approximate surface area is 191 Å². The van der Waals surface area contributed by atoms with Gasteiger partial charge in [0.15, 0.2) is 25.8 Å². The third-order valence-corrected chi connectivity index (χ3v) is 6.87. The largest absolute Gasteiger partial charge is 0.465 e. The lowest BCUT2D eigenvalue weighted by atomic mass is 10.2. The van der Waals surface area contributed by atoms with Crippen molar-refractivity contribution < 1.29 is 27.2 Å². The second-order valence-corrected chi connectivity index (χ2v) is 10.1. The molecule has 1 amide bonds. The molecular weight excluding hydrogens is 468 g/mol. The standard InChI is InChI=1S/C22H18N2O7S2/c1-3-30-20(26)12-24-15-9-8-13(33(2,28)29)10-19(15)32-22(24)23-21(27)18-11-16(25)14-6-4-5-7-17(14)31-18/h4-11H,3,12H2,1-2H3. The van der Waals surface area contributed by atoms with Gasteiger partial charge in [-0.3, -0.25) is 14.4 Å². The highest BCUT2D eigenvalue weighted by Gasteiger charge is 2.17. The highest BCUT2D eigenvalue weighted by Crippen LogP contribution is 2.22. The van der Waals surface area contributed by atoms with Crippen LogP contribution in [0.1, 0.15) is 17.5 Å². The predicted molar refractivity (Wildman–Crippen MR) is 122 cm³/mol. The van der Waals surface area contributed by atoms with Crippen molar-refractivity contribution in [3.63, 3.8) is 0 Å². The Balaban J connectivity index is 1.88. The summed E-state index contributed by atoms with van der Waals surface area (Å²) in [5.74, 6) is -1.61. The van der Waals surface area contributed by atoms with Gasteiger partial charge >= 0.3 is 11.9 Å². The maximum Gasteiger partial charge on any atom is 0.326 e. The summed E-state index contributed by atoms with van der Waals surface area (Å²) < 4.78 is 36.4. The summed E-state index contributed by atoms with van der Waals surface area (Å²) in [5.41, 5.74) is 0.369. The topological polar surface area (TPSA) is 125 Å². The normalized spacial score (nSPS) is 12.4. The number of rotatable bonds is 5. The number of thiazole rings is 1. The zero-order valence-corrected chi connectivity index (χ0v) is 19.2. The third-order valence-electron chi connectivity index (χ3n) is 4.72. The summed E-state index contributed by atoms with van der Waals surface area (Å²) in [6.07, 6.45) is 1.09. The van der Waals surface area contributed by atoms with Crippen LogP contribution in [0.5, 0.6) is 0 Å². The molecule has 0 N–H and O–H groups in total. The number of aromatic nitrogens is 1. The molecule has 170 valence electrons. The van der Waals surface area contributed by atoms with Gasteiger partial charge in [-0.2, -0.15) is 4.99 Å². The third kappa shape index (κ3) is 4.64. The predicted octanol–water partition coefficient (Wildman–Crippen LogP) is 2.52. The number of esters is 1. The van der Waals surface area contributed by atoms with Crippen LogP contribution in [0.3, 0.4) is 0 Å². The molecule has 0 saturated carbocycles. The van der Waals surface area contributed by atoms with E-state index in [9.17, 15) is 22.8 Å². The fraction of sp³-hybridized carbons (Fsp3) is 0.182. The smallest absolute Gasteiger partial charge is 0.326 e. The molecule has 0 aliphatic heterocycles. The second-order valence-electron chi connectivity index (χ2n) is 7.07. The van der Waals surface area contributed by atoms with Crippen molar-refractivity contribution in [2.45, 2.75) is 18.4 Å². The molecule has 0 fully saturated rings. The monoisotopic (exact) mass is 486 g/mol. The molecule has 0 aliphatic rings. The maximum atomic E-state index is 12.9. The fourth-order valence-electron chi connectivity index (χ4n) is 3.21. The van der Waals surface area contributed by atoms with Crippen LogP contribution in [0.4, 0.5) is 0 Å². The summed E-state index contributed by atoms with van der Waals surface area (Å²) in [6.45, 7) is 1.61. The molecule has 9 nitrogen and oxygen atoms in total. The van der Waals surface area contributed by atoms with Gasteiger partial charge in [-0.15, -0.1) is 0 Å². The Kier molecular flexibility index (Phi) is 6.00. The van der Waals surface area contributed by atoms with E-state index >= 15 is 0 Å². The number of nitrogens with zero attached hydrogens (tertiary/aromatic N) is 2. The van der Waals surface area contributed by atoms with Crippen LogP contribution in [0.25, 0.3) is 21.2 Å². The van der Waals surface area contributed by atoms with Crippen LogP contribution in [0, 0.1) is 0 Å². The molecule has 0 radical (unpaired) electrons. The average Bonchev–Trinajstić information content (AvgIpc) is 3.09. The highest BCUT2D eigenvalue weighted by atomic mass is 32.2. The minimum atomic E-state index is -3.46. The van der Waals surface area contributed by atoms with E-state index in [0.717, 1.165) is 23.7 Å². The molecule has 2 aromatic heterocycles. The van der Waals surface area contributed by atoms with Gasteiger partial charge in [-0.1, -0.05) is 23.5 Å². The van der Waals surface area contributed by atoms with Crippen molar-refractivity contribution in [1.29, 1.82) is 0 Å². The summed E-state index contributed by atoms with van der Waals surface area (Å²) in [7, 11) is -3.46. The van der Waals surface area contributed by atoms with Crippen LogP contribution in [0.2, 0.25) is 0 Å². The lowest BCUT2D eigenvalue weighted by Gasteiger charge is -2.05. The van der Waals surface area contributed by atoms with Gasteiger partial charge in [0.2, 0.25) is 0 Å². The summed E-state index contributed by atoms with van der Waals surface area (Å²) in [4.78, 5) is 41.7. The van der Waals surface area contributed by atoms with Crippen molar-refractivity contribution in [2.24, 2.45) is 4.99 Å². The molecule has 0 bridgehead atoms. The van der Waals surface area contributed by atoms with E-state index in [-0.39, 0.29) is 39.6 Å². The lowest BCUT2D eigenvalue weighted by Crippen LogP contribution is -2.23. The van der Waals surface area contributed by atoms with E-state index in [0.29, 0.717) is 15.6 Å². The molecule has 11 heteroatoms. The Morgan fingerprint density at radius 2 is 1.91 bits per heavy atom. The number of hydrogen-bond acceptors (Lipinski definition) is 8. The summed E-state index contributed by atoms with van der Waals surface area (Å²) in [6, 6.07) is 12.0. The number of fused-ring (bicyclic) bond motifs is 2. The SMILES string of the molecule is CCOC(=O)Cn1c(=NC(=O)c2cc(=O)c3ccccc3o2)sc2cc(S(C)(=O)=O)ccc21.